The fourth-order valence-electron chi connectivity index (χ4n) is 4.20. The maximum Gasteiger partial charge on any atom is 0.286 e. The quantitative estimate of drug-likeness (QED) is 0.286. The molecule has 1 fully saturated rings. The molecule has 8 nitrogen and oxygen atoms in total. The van der Waals surface area contributed by atoms with Crippen LogP contribution < -0.4 is 20.1 Å². The van der Waals surface area contributed by atoms with E-state index in [1.165, 1.54) is 0 Å². The van der Waals surface area contributed by atoms with Crippen LogP contribution in [0.15, 0.2) is 66.7 Å². The molecule has 196 valence electrons. The normalized spacial score (nSPS) is 15.5. The van der Waals surface area contributed by atoms with Crippen LogP contribution in [0, 0.1) is 0 Å². The minimum atomic E-state index is -0.382. The number of amides is 2. The molecule has 1 aliphatic rings. The van der Waals surface area contributed by atoms with Crippen molar-refractivity contribution in [1.29, 1.82) is 0 Å². The zero-order chi connectivity index (χ0) is 26.9. The summed E-state index contributed by atoms with van der Waals surface area (Å²) >= 11 is 1.03. The summed E-state index contributed by atoms with van der Waals surface area (Å²) < 4.78 is 14.1. The topological polar surface area (TPSA) is 94.5 Å². The molecule has 2 N–H and O–H groups in total. The number of nitrogens with one attached hydrogen (secondary N) is 2. The monoisotopic (exact) mass is 530 g/mol. The molecule has 9 heteroatoms. The Morgan fingerprint density at radius 1 is 0.974 bits per heavy atom. The van der Waals surface area contributed by atoms with Crippen LogP contribution in [0.4, 0.5) is 10.5 Å². The van der Waals surface area contributed by atoms with Gasteiger partial charge in [-0.3, -0.25) is 14.9 Å². The first-order valence-corrected chi connectivity index (χ1v) is 13.3. The van der Waals surface area contributed by atoms with Gasteiger partial charge in [-0.2, -0.15) is 0 Å². The van der Waals surface area contributed by atoms with Crippen LogP contribution >= 0.6 is 11.8 Å². The molecule has 3 aromatic carbocycles. The van der Waals surface area contributed by atoms with Crippen LogP contribution in [0.3, 0.4) is 0 Å². The number of hydrogen-bond donors (Lipinski definition) is 2. The lowest BCUT2D eigenvalue weighted by Gasteiger charge is -2.22. The fraction of sp³-hybridized carbons (Fsp3) is 0.276. The number of imide groups is 1. The van der Waals surface area contributed by atoms with E-state index in [9.17, 15) is 9.59 Å². The third kappa shape index (κ3) is 6.11. The lowest BCUT2D eigenvalue weighted by molar-refractivity contribution is -0.118. The van der Waals surface area contributed by atoms with Gasteiger partial charge in [0.15, 0.2) is 0 Å². The van der Waals surface area contributed by atoms with Crippen molar-refractivity contribution in [1.82, 2.24) is 14.9 Å². The lowest BCUT2D eigenvalue weighted by atomic mass is 10.1. The average Bonchev–Trinajstić information content (AvgIpc) is 3.36. The maximum atomic E-state index is 11.8. The van der Waals surface area contributed by atoms with Crippen LogP contribution in [0.25, 0.3) is 11.0 Å². The highest BCUT2D eigenvalue weighted by molar-refractivity contribution is 8.15. The third-order valence-electron chi connectivity index (χ3n) is 6.03. The minimum Gasteiger partial charge on any atom is -0.486 e. The molecule has 2 heterocycles. The summed E-state index contributed by atoms with van der Waals surface area (Å²) in [6.45, 7) is 6.68. The van der Waals surface area contributed by atoms with E-state index in [1.54, 1.807) is 0 Å². The van der Waals surface area contributed by atoms with Crippen molar-refractivity contribution >= 4 is 39.6 Å². The number of fused-ring (bicyclic) bond motifs is 1. The van der Waals surface area contributed by atoms with E-state index < -0.39 is 0 Å². The summed E-state index contributed by atoms with van der Waals surface area (Å²) in [5.74, 6) is 2.75. The molecular formula is C29H30N4O4S. The van der Waals surface area contributed by atoms with E-state index in [-0.39, 0.29) is 21.9 Å². The molecule has 2 amide bonds. The van der Waals surface area contributed by atoms with Gasteiger partial charge in [0.05, 0.1) is 16.3 Å². The smallest absolute Gasteiger partial charge is 0.286 e. The first-order valence-electron chi connectivity index (χ1n) is 12.4. The number of anilines is 1. The summed E-state index contributed by atoms with van der Waals surface area (Å²) in [7, 11) is 1.96. The zero-order valence-electron chi connectivity index (χ0n) is 21.8. The number of benzene rings is 3. The predicted molar refractivity (Wildman–Crippen MR) is 150 cm³/mol. The molecule has 0 spiro atoms. The van der Waals surface area contributed by atoms with Gasteiger partial charge in [-0.1, -0.05) is 23.9 Å². The molecule has 1 aliphatic heterocycles. The predicted octanol–water partition coefficient (Wildman–Crippen LogP) is 6.05. The molecule has 0 radical (unpaired) electrons. The highest BCUT2D eigenvalue weighted by Gasteiger charge is 2.31. The van der Waals surface area contributed by atoms with Gasteiger partial charge in [0.2, 0.25) is 5.91 Å². The van der Waals surface area contributed by atoms with Gasteiger partial charge in [-0.15, -0.1) is 0 Å². The van der Waals surface area contributed by atoms with Crippen LogP contribution in [0.5, 0.6) is 17.2 Å². The van der Waals surface area contributed by atoms with Crippen LogP contribution in [-0.4, -0.2) is 31.5 Å². The van der Waals surface area contributed by atoms with Crippen molar-refractivity contribution in [2.24, 2.45) is 7.05 Å². The SMILES string of the molecule is Cn1c(COc2ccc(CC3SC(=O)NC3=O)cc2)nc2ccc(Oc3ccc(NC(C)(C)C)cc3)cc21. The number of aromatic nitrogens is 2. The Morgan fingerprint density at radius 2 is 1.66 bits per heavy atom. The van der Waals surface area contributed by atoms with Gasteiger partial charge >= 0.3 is 0 Å². The molecule has 38 heavy (non-hydrogen) atoms. The molecule has 5 rings (SSSR count). The highest BCUT2D eigenvalue weighted by atomic mass is 32.2. The molecule has 1 aromatic heterocycles. The Hall–Kier alpha value is -3.98. The van der Waals surface area contributed by atoms with E-state index >= 15 is 0 Å². The molecule has 0 bridgehead atoms. The largest absolute Gasteiger partial charge is 0.486 e. The van der Waals surface area contributed by atoms with Crippen LogP contribution in [0.2, 0.25) is 0 Å². The second-order valence-electron chi connectivity index (χ2n) is 10.3. The van der Waals surface area contributed by atoms with Gasteiger partial charge < -0.3 is 19.4 Å². The van der Waals surface area contributed by atoms with Crippen LogP contribution in [0.1, 0.15) is 32.2 Å². The molecule has 4 aromatic rings. The summed E-state index contributed by atoms with van der Waals surface area (Å²) in [6.07, 6.45) is 0.496. The number of hydrogen-bond acceptors (Lipinski definition) is 7. The van der Waals surface area contributed by atoms with Crippen molar-refractivity contribution in [3.05, 3.63) is 78.1 Å². The number of carbonyl (C=O) groups excluding carboxylic acids is 2. The molecule has 1 saturated heterocycles. The van der Waals surface area contributed by atoms with E-state index in [4.69, 9.17) is 14.5 Å². The number of rotatable bonds is 8. The Labute approximate surface area is 225 Å². The van der Waals surface area contributed by atoms with Crippen molar-refractivity contribution < 1.29 is 19.1 Å². The minimum absolute atomic E-state index is 0.00564. The molecule has 1 unspecified atom stereocenters. The summed E-state index contributed by atoms with van der Waals surface area (Å²) in [5, 5.41) is 5.09. The Morgan fingerprint density at radius 3 is 2.32 bits per heavy atom. The van der Waals surface area contributed by atoms with E-state index in [2.05, 4.69) is 31.4 Å². The number of aryl methyl sites for hydroxylation is 1. The van der Waals surface area contributed by atoms with Gasteiger partial charge in [-0.05, 0) is 81.3 Å². The number of nitrogens with zero attached hydrogens (tertiary/aromatic N) is 2. The van der Waals surface area contributed by atoms with Gasteiger partial charge in [0.1, 0.15) is 29.7 Å². The average molecular weight is 531 g/mol. The van der Waals surface area contributed by atoms with Crippen molar-refractivity contribution in [2.45, 2.75) is 44.6 Å². The molecule has 1 atom stereocenters. The molecule has 0 aliphatic carbocycles. The van der Waals surface area contributed by atoms with Gasteiger partial charge in [-0.25, -0.2) is 4.98 Å². The maximum absolute atomic E-state index is 11.8. The molecule has 0 saturated carbocycles. The van der Waals surface area contributed by atoms with E-state index in [0.717, 1.165) is 51.4 Å². The Bertz CT molecular complexity index is 1470. The zero-order valence-corrected chi connectivity index (χ0v) is 22.6. The van der Waals surface area contributed by atoms with Crippen molar-refractivity contribution in [2.75, 3.05) is 5.32 Å². The Kier molecular flexibility index (Phi) is 7.03. The standard InChI is InChI=1S/C29H30N4O4S/c1-29(2,3)32-19-7-11-21(12-8-19)37-22-13-14-23-24(16-22)33(4)26(30-23)17-36-20-9-5-18(6-10-20)15-25-27(34)31-28(35)38-25/h5-14,16,25,32H,15,17H2,1-4H3,(H,31,34,35). The van der Waals surface area contributed by atoms with Crippen molar-refractivity contribution in [3.63, 3.8) is 0 Å². The second-order valence-corrected chi connectivity index (χ2v) is 11.4. The fourth-order valence-corrected chi connectivity index (χ4v) is 5.06. The highest BCUT2D eigenvalue weighted by Crippen LogP contribution is 2.28. The Balaban J connectivity index is 1.21. The number of carbonyl (C=O) groups is 2. The van der Waals surface area contributed by atoms with Crippen molar-refractivity contribution in [3.8, 4) is 17.2 Å². The van der Waals surface area contributed by atoms with E-state index in [1.807, 2.05) is 78.3 Å². The molecular weight excluding hydrogens is 500 g/mol. The lowest BCUT2D eigenvalue weighted by Crippen LogP contribution is -2.25. The second kappa shape index (κ2) is 10.4. The summed E-state index contributed by atoms with van der Waals surface area (Å²) in [4.78, 5) is 27.9. The summed E-state index contributed by atoms with van der Waals surface area (Å²) in [6, 6.07) is 21.3. The van der Waals surface area contributed by atoms with Gasteiger partial charge in [0.25, 0.3) is 5.24 Å². The van der Waals surface area contributed by atoms with E-state index in [0.29, 0.717) is 18.8 Å². The number of thioether (sulfide) groups is 1. The number of imidazole rings is 1. The number of ether oxygens (including phenoxy) is 2. The third-order valence-corrected chi connectivity index (χ3v) is 7.02. The first-order chi connectivity index (χ1) is 18.1. The van der Waals surface area contributed by atoms with Gasteiger partial charge in [0, 0.05) is 24.3 Å². The van der Waals surface area contributed by atoms with Crippen LogP contribution in [-0.2, 0) is 24.9 Å². The first kappa shape index (κ1) is 25.7. The summed E-state index contributed by atoms with van der Waals surface area (Å²) in [5.41, 5.74) is 3.82.